The molecule has 0 aliphatic carbocycles. The van der Waals surface area contributed by atoms with Crippen molar-refractivity contribution >= 4 is 21.6 Å². The van der Waals surface area contributed by atoms with Crippen LogP contribution in [0.4, 0.5) is 4.39 Å². The zero-order chi connectivity index (χ0) is 15.6. The van der Waals surface area contributed by atoms with E-state index in [4.69, 9.17) is 11.6 Å². The summed E-state index contributed by atoms with van der Waals surface area (Å²) in [6, 6.07) is 3.99. The molecule has 0 spiro atoms. The van der Waals surface area contributed by atoms with E-state index < -0.39 is 15.8 Å². The van der Waals surface area contributed by atoms with Gasteiger partial charge in [-0.25, -0.2) is 12.8 Å². The van der Waals surface area contributed by atoms with E-state index in [-0.39, 0.29) is 22.4 Å². The highest BCUT2D eigenvalue weighted by molar-refractivity contribution is 7.89. The molecule has 0 bridgehead atoms. The number of sulfonamides is 1. The number of benzene rings is 1. The number of likely N-dealkylation sites (tertiary alicyclic amines) is 1. The maximum Gasteiger partial charge on any atom is 0.242 e. The van der Waals surface area contributed by atoms with Crippen molar-refractivity contribution in [3.05, 3.63) is 29.6 Å². The molecule has 118 valence electrons. The summed E-state index contributed by atoms with van der Waals surface area (Å²) >= 11 is 5.64. The van der Waals surface area contributed by atoms with E-state index in [9.17, 15) is 12.8 Å². The molecule has 21 heavy (non-hydrogen) atoms. The zero-order valence-corrected chi connectivity index (χ0v) is 13.8. The molecule has 0 amide bonds. The van der Waals surface area contributed by atoms with Crippen molar-refractivity contribution in [3.63, 3.8) is 0 Å². The molecule has 1 aliphatic heterocycles. The van der Waals surface area contributed by atoms with Crippen molar-refractivity contribution in [1.29, 1.82) is 0 Å². The van der Waals surface area contributed by atoms with Crippen molar-refractivity contribution in [3.8, 4) is 0 Å². The molecule has 7 heteroatoms. The predicted molar refractivity (Wildman–Crippen MR) is 81.4 cm³/mol. The van der Waals surface area contributed by atoms with E-state index in [0.717, 1.165) is 25.5 Å². The van der Waals surface area contributed by atoms with Crippen molar-refractivity contribution in [1.82, 2.24) is 9.21 Å². The van der Waals surface area contributed by atoms with Gasteiger partial charge in [-0.2, -0.15) is 4.31 Å². The fourth-order valence-electron chi connectivity index (χ4n) is 2.60. The zero-order valence-electron chi connectivity index (χ0n) is 12.2. The van der Waals surface area contributed by atoms with Gasteiger partial charge in [0.2, 0.25) is 10.0 Å². The van der Waals surface area contributed by atoms with Crippen LogP contribution in [-0.4, -0.2) is 50.8 Å². The Bertz CT molecular complexity index is 609. The largest absolute Gasteiger partial charge is 0.302 e. The first kappa shape index (κ1) is 16.7. The van der Waals surface area contributed by atoms with Crippen molar-refractivity contribution in [2.45, 2.75) is 29.7 Å². The number of nitrogens with zero attached hydrogens (tertiary/aromatic N) is 2. The third-order valence-corrected chi connectivity index (χ3v) is 6.12. The van der Waals surface area contributed by atoms with Gasteiger partial charge in [-0.15, -0.1) is 11.6 Å². The molecule has 0 saturated carbocycles. The number of alkyl halides is 1. The molecule has 1 aliphatic rings. The highest BCUT2D eigenvalue weighted by Gasteiger charge is 2.28. The molecule has 1 aromatic rings. The summed E-state index contributed by atoms with van der Waals surface area (Å²) in [6.45, 7) is 1.43. The van der Waals surface area contributed by atoms with Crippen LogP contribution >= 0.6 is 11.6 Å². The van der Waals surface area contributed by atoms with Gasteiger partial charge >= 0.3 is 0 Å². The molecule has 0 aromatic heterocycles. The van der Waals surface area contributed by atoms with Crippen molar-refractivity contribution in [2.75, 3.05) is 27.2 Å². The summed E-state index contributed by atoms with van der Waals surface area (Å²) < 4.78 is 39.9. The van der Waals surface area contributed by atoms with Crippen molar-refractivity contribution < 1.29 is 12.8 Å². The van der Waals surface area contributed by atoms with Crippen molar-refractivity contribution in [2.24, 2.45) is 0 Å². The van der Waals surface area contributed by atoms with E-state index in [1.54, 1.807) is 7.05 Å². The first-order chi connectivity index (χ1) is 9.86. The summed E-state index contributed by atoms with van der Waals surface area (Å²) in [6.07, 6.45) is 2.08. The minimum atomic E-state index is -3.62. The maximum absolute atomic E-state index is 13.4. The van der Waals surface area contributed by atoms with Crippen LogP contribution in [0.2, 0.25) is 0 Å². The van der Waals surface area contributed by atoms with Gasteiger partial charge in [-0.3, -0.25) is 0 Å². The van der Waals surface area contributed by atoms with E-state index >= 15 is 0 Å². The second kappa shape index (κ2) is 6.60. The van der Waals surface area contributed by atoms with E-state index in [0.29, 0.717) is 6.54 Å². The van der Waals surface area contributed by atoms with Gasteiger partial charge in [0.15, 0.2) is 0 Å². The van der Waals surface area contributed by atoms with Crippen LogP contribution in [0.3, 0.4) is 0 Å². The van der Waals surface area contributed by atoms with Crippen LogP contribution in [0.25, 0.3) is 0 Å². The summed E-state index contributed by atoms with van der Waals surface area (Å²) in [4.78, 5) is 2.25. The lowest BCUT2D eigenvalue weighted by molar-refractivity contribution is 0.271. The highest BCUT2D eigenvalue weighted by atomic mass is 35.5. The Morgan fingerprint density at radius 1 is 1.48 bits per heavy atom. The van der Waals surface area contributed by atoms with Gasteiger partial charge in [-0.1, -0.05) is 0 Å². The molecule has 0 N–H and O–H groups in total. The third-order valence-electron chi connectivity index (χ3n) is 4.01. The first-order valence-electron chi connectivity index (χ1n) is 6.87. The molecule has 0 radical (unpaired) electrons. The lowest BCUT2D eigenvalue weighted by Gasteiger charge is -2.25. The van der Waals surface area contributed by atoms with E-state index in [1.165, 1.54) is 16.4 Å². The summed E-state index contributed by atoms with van der Waals surface area (Å²) in [5.74, 6) is -0.535. The summed E-state index contributed by atoms with van der Waals surface area (Å²) in [5, 5.41) is 0. The van der Waals surface area contributed by atoms with Gasteiger partial charge in [0.25, 0.3) is 0 Å². The van der Waals surface area contributed by atoms with E-state index in [2.05, 4.69) is 4.90 Å². The number of likely N-dealkylation sites (N-methyl/N-ethyl adjacent to an activating group) is 2. The van der Waals surface area contributed by atoms with Crippen LogP contribution in [0.5, 0.6) is 0 Å². The van der Waals surface area contributed by atoms with Gasteiger partial charge < -0.3 is 4.90 Å². The molecule has 1 unspecified atom stereocenters. The lowest BCUT2D eigenvalue weighted by atomic mass is 10.2. The Morgan fingerprint density at radius 2 is 2.19 bits per heavy atom. The van der Waals surface area contributed by atoms with Gasteiger partial charge in [-0.05, 0) is 44.6 Å². The highest BCUT2D eigenvalue weighted by Crippen LogP contribution is 2.22. The second-order valence-electron chi connectivity index (χ2n) is 5.45. The van der Waals surface area contributed by atoms with Gasteiger partial charge in [0.05, 0.1) is 10.8 Å². The molecule has 1 saturated heterocycles. The smallest absolute Gasteiger partial charge is 0.242 e. The molecular formula is C14H20ClFN2O2S. The summed E-state index contributed by atoms with van der Waals surface area (Å²) in [5.41, 5.74) is 0.198. The molecule has 1 aromatic carbocycles. The number of halogens is 2. The third kappa shape index (κ3) is 3.56. The van der Waals surface area contributed by atoms with Crippen LogP contribution < -0.4 is 0 Å². The first-order valence-corrected chi connectivity index (χ1v) is 8.84. The Hall–Kier alpha value is -0.690. The monoisotopic (exact) mass is 334 g/mol. The predicted octanol–water partition coefficient (Wildman–Crippen LogP) is 2.28. The number of rotatable bonds is 5. The van der Waals surface area contributed by atoms with Gasteiger partial charge in [0, 0.05) is 25.2 Å². The standard InChI is InChI=1S/C14H20ClFN2O2S/c1-17-7-3-4-12(17)10-18(2)21(19,20)13-5-6-14(16)11(8-13)9-15/h5-6,8,12H,3-4,7,9-10H2,1-2H3. The Morgan fingerprint density at radius 3 is 2.76 bits per heavy atom. The summed E-state index contributed by atoms with van der Waals surface area (Å²) in [7, 11) is -0.0555. The van der Waals surface area contributed by atoms with E-state index in [1.807, 2.05) is 7.05 Å². The SMILES string of the molecule is CN1CCCC1CN(C)S(=O)(=O)c1ccc(F)c(CCl)c1. The fourth-order valence-corrected chi connectivity index (χ4v) is 4.06. The number of hydrogen-bond donors (Lipinski definition) is 0. The molecular weight excluding hydrogens is 315 g/mol. The number of hydrogen-bond acceptors (Lipinski definition) is 3. The van der Waals surface area contributed by atoms with Gasteiger partial charge in [0.1, 0.15) is 5.82 Å². The maximum atomic E-state index is 13.4. The normalized spacial score (nSPS) is 20.3. The minimum absolute atomic E-state index is 0.0513. The molecule has 1 heterocycles. The Balaban J connectivity index is 2.20. The molecule has 4 nitrogen and oxygen atoms in total. The Labute approximate surface area is 130 Å². The van der Waals surface area contributed by atoms with Crippen LogP contribution in [0.15, 0.2) is 23.1 Å². The fraction of sp³-hybridized carbons (Fsp3) is 0.571. The van der Waals surface area contributed by atoms with Crippen LogP contribution in [-0.2, 0) is 15.9 Å². The van der Waals surface area contributed by atoms with Crippen LogP contribution in [0.1, 0.15) is 18.4 Å². The molecule has 2 rings (SSSR count). The second-order valence-corrected chi connectivity index (χ2v) is 7.76. The topological polar surface area (TPSA) is 40.6 Å². The molecule has 1 fully saturated rings. The average molecular weight is 335 g/mol. The lowest BCUT2D eigenvalue weighted by Crippen LogP contribution is -2.39. The minimum Gasteiger partial charge on any atom is -0.302 e. The quantitative estimate of drug-likeness (QED) is 0.776. The Kier molecular flexibility index (Phi) is 5.24. The molecule has 1 atom stereocenters. The van der Waals surface area contributed by atoms with Crippen LogP contribution in [0, 0.1) is 5.82 Å². The average Bonchev–Trinajstić information content (AvgIpc) is 2.84.